The Hall–Kier alpha value is -2.94. The van der Waals surface area contributed by atoms with Crippen LogP contribution in [0.4, 0.5) is 0 Å². The van der Waals surface area contributed by atoms with Gasteiger partial charge in [0.25, 0.3) is 11.8 Å². The van der Waals surface area contributed by atoms with Crippen molar-refractivity contribution >= 4 is 46.6 Å². The minimum Gasteiger partial charge on any atom is -0.386 e. The van der Waals surface area contributed by atoms with Gasteiger partial charge in [-0.3, -0.25) is 20.0 Å². The largest absolute Gasteiger partial charge is 0.386 e. The predicted octanol–water partition coefficient (Wildman–Crippen LogP) is 6.98. The molecule has 6 N–H and O–H groups in total. The fraction of sp³-hybridized carbons (Fsp3) is 0.529. The maximum Gasteiger partial charge on any atom is 0.275 e. The van der Waals surface area contributed by atoms with Gasteiger partial charge in [0.05, 0.1) is 12.6 Å². The van der Waals surface area contributed by atoms with Crippen molar-refractivity contribution in [2.75, 3.05) is 13.6 Å². The molecule has 44 heavy (non-hydrogen) atoms. The lowest BCUT2D eigenvalue weighted by molar-refractivity contribution is -0.133. The molecule has 10 heteroatoms. The van der Waals surface area contributed by atoms with E-state index in [-0.39, 0.29) is 35.7 Å². The summed E-state index contributed by atoms with van der Waals surface area (Å²) in [6.45, 7) is 11.1. The van der Waals surface area contributed by atoms with Crippen LogP contribution in [0.3, 0.4) is 0 Å². The van der Waals surface area contributed by atoms with Crippen molar-refractivity contribution in [3.8, 4) is 0 Å². The van der Waals surface area contributed by atoms with Gasteiger partial charge in [0.15, 0.2) is 0 Å². The van der Waals surface area contributed by atoms with Gasteiger partial charge >= 0.3 is 0 Å². The molecule has 8 nitrogen and oxygen atoms in total. The topological polar surface area (TPSA) is 138 Å². The van der Waals surface area contributed by atoms with Crippen molar-refractivity contribution in [1.82, 2.24) is 10.2 Å². The van der Waals surface area contributed by atoms with Crippen LogP contribution in [0.1, 0.15) is 101 Å². The molecule has 2 aromatic rings. The van der Waals surface area contributed by atoms with Gasteiger partial charge in [-0.05, 0) is 98.7 Å². The SMILES string of the molecule is CC(C)C1CCC2(CC1)N=C(c1cc(Cl)cc(Cl)c1)C(=O)N2C(CCC(C)(C)C)c1ccc(C(=O)NCC(=N)N)cc1.CN. The second-order valence-electron chi connectivity index (χ2n) is 13.3. The third kappa shape index (κ3) is 8.61. The lowest BCUT2D eigenvalue weighted by Gasteiger charge is -2.46. The van der Waals surface area contributed by atoms with Crippen molar-refractivity contribution < 1.29 is 9.59 Å². The van der Waals surface area contributed by atoms with Gasteiger partial charge in [-0.2, -0.15) is 0 Å². The molecule has 4 rings (SSSR count). The predicted molar refractivity (Wildman–Crippen MR) is 182 cm³/mol. The van der Waals surface area contributed by atoms with Crippen LogP contribution in [0, 0.1) is 22.7 Å². The molecule has 0 bridgehead atoms. The number of amides is 2. The van der Waals surface area contributed by atoms with Crippen molar-refractivity contribution in [3.63, 3.8) is 0 Å². The van der Waals surface area contributed by atoms with E-state index in [0.29, 0.717) is 38.7 Å². The average molecular weight is 644 g/mol. The molecule has 1 spiro atoms. The van der Waals surface area contributed by atoms with Crippen LogP contribution in [0.15, 0.2) is 47.5 Å². The quantitative estimate of drug-likeness (QED) is 0.173. The minimum absolute atomic E-state index is 0.00933. The van der Waals surface area contributed by atoms with Crippen molar-refractivity contribution in [3.05, 3.63) is 69.2 Å². The van der Waals surface area contributed by atoms with Gasteiger partial charge in [-0.15, -0.1) is 0 Å². The van der Waals surface area contributed by atoms with Gasteiger partial charge in [0.2, 0.25) is 0 Å². The Balaban J connectivity index is 0.00000259. The van der Waals surface area contributed by atoms with E-state index in [1.165, 1.54) is 7.05 Å². The maximum absolute atomic E-state index is 14.5. The minimum atomic E-state index is -0.660. The molecule has 1 fully saturated rings. The normalized spacial score (nSPS) is 20.7. The van der Waals surface area contributed by atoms with Crippen LogP contribution in [0.5, 0.6) is 0 Å². The zero-order valence-electron chi connectivity index (χ0n) is 26.8. The van der Waals surface area contributed by atoms with E-state index < -0.39 is 5.66 Å². The molecule has 1 aliphatic carbocycles. The standard InChI is InChI=1S/C33H43Cl2N5O2.CH5N/c1-20(2)21-10-14-33(15-11-21)39-29(24-16-25(34)18-26(35)17-24)31(42)40(33)27(12-13-32(3,4)5)22-6-8-23(9-7-22)30(41)38-19-28(36)37;1-2/h6-9,16-18,20-21,27H,10-15,19H2,1-5H3,(H3,36,37)(H,38,41);2H2,1H3. The molecule has 1 atom stereocenters. The maximum atomic E-state index is 14.5. The van der Waals surface area contributed by atoms with Crippen LogP contribution in [-0.2, 0) is 4.79 Å². The van der Waals surface area contributed by atoms with Crippen LogP contribution in [0.25, 0.3) is 0 Å². The number of halogens is 2. The highest BCUT2D eigenvalue weighted by atomic mass is 35.5. The van der Waals surface area contributed by atoms with Gasteiger partial charge in [0.1, 0.15) is 17.2 Å². The fourth-order valence-electron chi connectivity index (χ4n) is 6.19. The molecule has 1 unspecified atom stereocenters. The van der Waals surface area contributed by atoms with E-state index in [9.17, 15) is 9.59 Å². The first kappa shape index (κ1) is 35.5. The van der Waals surface area contributed by atoms with E-state index in [1.54, 1.807) is 30.3 Å². The Morgan fingerprint density at radius 2 is 1.66 bits per heavy atom. The molecule has 240 valence electrons. The lowest BCUT2D eigenvalue weighted by Crippen LogP contribution is -2.51. The number of carbonyl (C=O) groups excluding carboxylic acids is 2. The number of aliphatic imine (C=N–C) groups is 1. The highest BCUT2D eigenvalue weighted by molar-refractivity contribution is 6.47. The first-order chi connectivity index (χ1) is 20.7. The van der Waals surface area contributed by atoms with Crippen LogP contribution in [-0.4, -0.2) is 47.5 Å². The lowest BCUT2D eigenvalue weighted by atomic mass is 9.75. The summed E-state index contributed by atoms with van der Waals surface area (Å²) < 4.78 is 0. The van der Waals surface area contributed by atoms with Gasteiger partial charge in [-0.1, -0.05) is 70.0 Å². The molecule has 1 heterocycles. The smallest absolute Gasteiger partial charge is 0.275 e. The Morgan fingerprint density at radius 1 is 1.09 bits per heavy atom. The summed E-state index contributed by atoms with van der Waals surface area (Å²) in [5.41, 5.74) is 11.8. The van der Waals surface area contributed by atoms with Crippen molar-refractivity contribution in [2.45, 2.75) is 84.8 Å². The number of benzene rings is 2. The molecular weight excluding hydrogens is 595 g/mol. The number of nitrogens with one attached hydrogen (secondary N) is 2. The number of rotatable bonds is 9. The Morgan fingerprint density at radius 3 is 2.16 bits per heavy atom. The number of amidine groups is 1. The molecule has 0 radical (unpaired) electrons. The molecule has 1 saturated carbocycles. The highest BCUT2D eigenvalue weighted by Crippen LogP contribution is 2.48. The second-order valence-corrected chi connectivity index (χ2v) is 14.2. The van der Waals surface area contributed by atoms with E-state index in [1.807, 2.05) is 17.0 Å². The van der Waals surface area contributed by atoms with Crippen molar-refractivity contribution in [2.24, 2.45) is 33.7 Å². The second kappa shape index (κ2) is 14.9. The fourth-order valence-corrected chi connectivity index (χ4v) is 6.72. The zero-order chi connectivity index (χ0) is 32.8. The Bertz CT molecular complexity index is 1340. The van der Waals surface area contributed by atoms with E-state index >= 15 is 0 Å². The Labute approximate surface area is 272 Å². The summed E-state index contributed by atoms with van der Waals surface area (Å²) in [4.78, 5) is 34.4. The molecule has 0 aromatic heterocycles. The first-order valence-corrected chi connectivity index (χ1v) is 16.1. The number of nitrogens with zero attached hydrogens (tertiary/aromatic N) is 2. The summed E-state index contributed by atoms with van der Waals surface area (Å²) in [7, 11) is 1.50. The third-order valence-electron chi connectivity index (χ3n) is 8.58. The van der Waals surface area contributed by atoms with Crippen molar-refractivity contribution in [1.29, 1.82) is 5.41 Å². The summed E-state index contributed by atoms with van der Waals surface area (Å²) in [5.74, 6) is 0.643. The van der Waals surface area contributed by atoms with E-state index in [4.69, 9.17) is 39.3 Å². The molecule has 2 aromatic carbocycles. The number of carbonyl (C=O) groups is 2. The molecule has 2 amide bonds. The van der Waals surface area contributed by atoms with Gasteiger partial charge in [-0.25, -0.2) is 0 Å². The first-order valence-electron chi connectivity index (χ1n) is 15.4. The zero-order valence-corrected chi connectivity index (χ0v) is 28.4. The molecule has 0 saturated heterocycles. The number of nitrogens with two attached hydrogens (primary N) is 2. The monoisotopic (exact) mass is 642 g/mol. The average Bonchev–Trinajstić information content (AvgIpc) is 3.23. The summed E-state index contributed by atoms with van der Waals surface area (Å²) in [5, 5.41) is 11.0. The summed E-state index contributed by atoms with van der Waals surface area (Å²) >= 11 is 12.7. The van der Waals surface area contributed by atoms with Crippen LogP contribution < -0.4 is 16.8 Å². The van der Waals surface area contributed by atoms with Crippen LogP contribution >= 0.6 is 23.2 Å². The number of hydrogen-bond donors (Lipinski definition) is 4. The van der Waals surface area contributed by atoms with E-state index in [2.05, 4.69) is 45.7 Å². The molecule has 1 aliphatic heterocycles. The summed E-state index contributed by atoms with van der Waals surface area (Å²) in [6.07, 6.45) is 5.21. The molecular formula is C34H48Cl2N6O2. The molecule has 2 aliphatic rings. The van der Waals surface area contributed by atoms with E-state index in [0.717, 1.165) is 44.1 Å². The highest BCUT2D eigenvalue weighted by Gasteiger charge is 2.52. The van der Waals surface area contributed by atoms with Crippen LogP contribution in [0.2, 0.25) is 10.0 Å². The van der Waals surface area contributed by atoms with Gasteiger partial charge < -0.3 is 21.7 Å². The summed E-state index contributed by atoms with van der Waals surface area (Å²) in [6, 6.07) is 12.4. The van der Waals surface area contributed by atoms with Gasteiger partial charge in [0, 0.05) is 21.2 Å². The third-order valence-corrected chi connectivity index (χ3v) is 9.01. The Kier molecular flexibility index (Phi) is 12.0. The number of hydrogen-bond acceptors (Lipinski definition) is 5.